The summed E-state index contributed by atoms with van der Waals surface area (Å²) in [6.45, 7) is 0. The second kappa shape index (κ2) is 5.71. The molecule has 0 amide bonds. The molecule has 0 heterocycles. The summed E-state index contributed by atoms with van der Waals surface area (Å²) in [5.41, 5.74) is 2.94. The molecule has 0 radical (unpaired) electrons. The highest BCUT2D eigenvalue weighted by molar-refractivity contribution is 5.34. The first kappa shape index (κ1) is 13.9. The fourth-order valence-electron chi connectivity index (χ4n) is 3.25. The van der Waals surface area contributed by atoms with Gasteiger partial charge >= 0.3 is 0 Å². The van der Waals surface area contributed by atoms with E-state index in [-0.39, 0.29) is 0 Å². The molecule has 0 bridgehead atoms. The molecule has 0 aliphatic heterocycles. The summed E-state index contributed by atoms with van der Waals surface area (Å²) in [5, 5.41) is 20.4. The van der Waals surface area contributed by atoms with Crippen molar-refractivity contribution >= 4 is 0 Å². The van der Waals surface area contributed by atoms with Crippen LogP contribution in [0.2, 0.25) is 0 Å². The van der Waals surface area contributed by atoms with Crippen LogP contribution in [0, 0.1) is 16.7 Å². The van der Waals surface area contributed by atoms with Gasteiger partial charge < -0.3 is 5.11 Å². The van der Waals surface area contributed by atoms with Gasteiger partial charge in [-0.25, -0.2) is 0 Å². The third-order valence-electron chi connectivity index (χ3n) is 4.60. The van der Waals surface area contributed by atoms with Gasteiger partial charge in [0.05, 0.1) is 17.6 Å². The van der Waals surface area contributed by atoms with Crippen molar-refractivity contribution in [2.24, 2.45) is 5.41 Å². The number of aliphatic hydroxyl groups excluding tert-OH is 1. The van der Waals surface area contributed by atoms with Gasteiger partial charge in [-0.3, -0.25) is 0 Å². The molecule has 0 saturated heterocycles. The molecular weight excluding hydrogens is 258 g/mol. The number of nitrogens with zero attached hydrogens (tertiary/aromatic N) is 1. The first-order valence-electron chi connectivity index (χ1n) is 7.43. The van der Waals surface area contributed by atoms with Gasteiger partial charge in [0.25, 0.3) is 0 Å². The maximum Gasteiger partial charge on any atom is 0.0878 e. The van der Waals surface area contributed by atoms with Gasteiger partial charge in [-0.1, -0.05) is 54.6 Å². The Morgan fingerprint density at radius 2 is 1.71 bits per heavy atom. The predicted octanol–water partition coefficient (Wildman–Crippen LogP) is 3.29. The van der Waals surface area contributed by atoms with E-state index in [0.717, 1.165) is 18.4 Å². The number of benzene rings is 2. The number of nitriles is 1. The quantitative estimate of drug-likeness (QED) is 0.935. The Morgan fingerprint density at radius 3 is 2.43 bits per heavy atom. The minimum absolute atomic E-state index is 0.538. The van der Waals surface area contributed by atoms with E-state index >= 15 is 0 Å². The normalized spacial score (nSPS) is 22.1. The van der Waals surface area contributed by atoms with Crippen LogP contribution in [0.3, 0.4) is 0 Å². The van der Waals surface area contributed by atoms with E-state index in [4.69, 9.17) is 0 Å². The fraction of sp³-hybridized carbons (Fsp3) is 0.316. The Labute approximate surface area is 125 Å². The second-order valence-electron chi connectivity index (χ2n) is 5.92. The number of hydrogen-bond donors (Lipinski definition) is 1. The van der Waals surface area contributed by atoms with Crippen LogP contribution in [0.4, 0.5) is 0 Å². The van der Waals surface area contributed by atoms with E-state index in [1.54, 1.807) is 0 Å². The molecule has 1 N–H and O–H groups in total. The van der Waals surface area contributed by atoms with Gasteiger partial charge in [-0.15, -0.1) is 0 Å². The maximum atomic E-state index is 10.7. The van der Waals surface area contributed by atoms with E-state index in [0.29, 0.717) is 12.8 Å². The summed E-state index contributed by atoms with van der Waals surface area (Å²) < 4.78 is 0. The molecule has 3 rings (SSSR count). The lowest BCUT2D eigenvalue weighted by Gasteiger charge is -2.36. The van der Waals surface area contributed by atoms with Gasteiger partial charge in [0.1, 0.15) is 0 Å². The standard InChI is InChI=1S/C19H19NO/c20-14-19(18(21)12-15-6-2-1-3-7-15)11-10-16-8-4-5-9-17(16)13-19/h1-9,18,21H,10-13H2. The highest BCUT2D eigenvalue weighted by atomic mass is 16.3. The molecule has 0 fully saturated rings. The number of aliphatic hydroxyl groups is 1. The van der Waals surface area contributed by atoms with Crippen LogP contribution < -0.4 is 0 Å². The molecular formula is C19H19NO. The lowest BCUT2D eigenvalue weighted by molar-refractivity contribution is 0.0538. The lowest BCUT2D eigenvalue weighted by atomic mass is 9.68. The number of fused-ring (bicyclic) bond motifs is 1. The molecule has 1 aliphatic rings. The Hall–Kier alpha value is -2.11. The zero-order chi connectivity index (χ0) is 14.7. The predicted molar refractivity (Wildman–Crippen MR) is 82.7 cm³/mol. The molecule has 0 spiro atoms. The first-order valence-corrected chi connectivity index (χ1v) is 7.43. The molecule has 2 aromatic carbocycles. The largest absolute Gasteiger partial charge is 0.391 e. The second-order valence-corrected chi connectivity index (χ2v) is 5.92. The van der Waals surface area contributed by atoms with E-state index in [1.807, 2.05) is 42.5 Å². The van der Waals surface area contributed by atoms with Crippen LogP contribution in [-0.2, 0) is 19.3 Å². The van der Waals surface area contributed by atoms with Gasteiger partial charge in [0.2, 0.25) is 0 Å². The zero-order valence-electron chi connectivity index (χ0n) is 12.0. The molecule has 21 heavy (non-hydrogen) atoms. The Morgan fingerprint density at radius 1 is 1.05 bits per heavy atom. The zero-order valence-corrected chi connectivity index (χ0v) is 12.0. The van der Waals surface area contributed by atoms with Crippen molar-refractivity contribution in [3.05, 3.63) is 71.3 Å². The van der Waals surface area contributed by atoms with Crippen LogP contribution in [0.15, 0.2) is 54.6 Å². The smallest absolute Gasteiger partial charge is 0.0878 e. The Kier molecular flexibility index (Phi) is 3.77. The van der Waals surface area contributed by atoms with Crippen molar-refractivity contribution in [1.82, 2.24) is 0 Å². The van der Waals surface area contributed by atoms with Crippen molar-refractivity contribution in [2.45, 2.75) is 31.8 Å². The van der Waals surface area contributed by atoms with Gasteiger partial charge in [-0.2, -0.15) is 5.26 Å². The van der Waals surface area contributed by atoms with Crippen molar-refractivity contribution < 1.29 is 5.11 Å². The number of rotatable bonds is 3. The Balaban J connectivity index is 1.84. The van der Waals surface area contributed by atoms with Crippen molar-refractivity contribution in [2.75, 3.05) is 0 Å². The van der Waals surface area contributed by atoms with Crippen molar-refractivity contribution in [3.63, 3.8) is 0 Å². The number of hydrogen-bond acceptors (Lipinski definition) is 2. The van der Waals surface area contributed by atoms with Crippen molar-refractivity contribution in [3.8, 4) is 6.07 Å². The summed E-state index contributed by atoms with van der Waals surface area (Å²) in [7, 11) is 0. The molecule has 1 aliphatic carbocycles. The third kappa shape index (κ3) is 2.70. The first-order chi connectivity index (χ1) is 10.2. The number of aryl methyl sites for hydroxylation is 1. The summed E-state index contributed by atoms with van der Waals surface area (Å²) in [6, 6.07) is 20.6. The third-order valence-corrected chi connectivity index (χ3v) is 4.60. The topological polar surface area (TPSA) is 44.0 Å². The van der Waals surface area contributed by atoms with Crippen molar-refractivity contribution in [1.29, 1.82) is 5.26 Å². The molecule has 106 valence electrons. The summed E-state index contributed by atoms with van der Waals surface area (Å²) >= 11 is 0. The molecule has 2 aromatic rings. The molecule has 2 unspecified atom stereocenters. The maximum absolute atomic E-state index is 10.7. The molecule has 2 atom stereocenters. The minimum atomic E-state index is -0.663. The highest BCUT2D eigenvalue weighted by Crippen LogP contribution is 2.39. The summed E-state index contributed by atoms with van der Waals surface area (Å²) in [6.07, 6.45) is 2.16. The molecule has 0 saturated carbocycles. The average molecular weight is 277 g/mol. The van der Waals surface area contributed by atoms with E-state index in [2.05, 4.69) is 18.2 Å². The molecule has 2 heteroatoms. The van der Waals surface area contributed by atoms with Crippen LogP contribution in [0.5, 0.6) is 0 Å². The average Bonchev–Trinajstić information content (AvgIpc) is 2.55. The Bertz CT molecular complexity index is 659. The SMILES string of the molecule is N#CC1(C(O)Cc2ccccc2)CCc2ccccc2C1. The fourth-order valence-corrected chi connectivity index (χ4v) is 3.25. The van der Waals surface area contributed by atoms with Crippen LogP contribution in [-0.4, -0.2) is 11.2 Å². The van der Waals surface area contributed by atoms with Crippen LogP contribution in [0.25, 0.3) is 0 Å². The van der Waals surface area contributed by atoms with E-state index in [9.17, 15) is 10.4 Å². The van der Waals surface area contributed by atoms with Crippen LogP contribution >= 0.6 is 0 Å². The van der Waals surface area contributed by atoms with Crippen LogP contribution in [0.1, 0.15) is 23.1 Å². The van der Waals surface area contributed by atoms with E-state index < -0.39 is 11.5 Å². The minimum Gasteiger partial charge on any atom is -0.391 e. The summed E-state index contributed by atoms with van der Waals surface area (Å²) in [5.74, 6) is 0. The van der Waals surface area contributed by atoms with Gasteiger partial charge in [0.15, 0.2) is 0 Å². The monoisotopic (exact) mass is 277 g/mol. The summed E-state index contributed by atoms with van der Waals surface area (Å²) in [4.78, 5) is 0. The lowest BCUT2D eigenvalue weighted by Crippen LogP contribution is -2.40. The van der Waals surface area contributed by atoms with E-state index in [1.165, 1.54) is 11.1 Å². The van der Waals surface area contributed by atoms with Gasteiger partial charge in [0, 0.05) is 0 Å². The molecule has 2 nitrogen and oxygen atoms in total. The highest BCUT2D eigenvalue weighted by Gasteiger charge is 2.41. The van der Waals surface area contributed by atoms with Gasteiger partial charge in [-0.05, 0) is 42.4 Å². The molecule has 0 aromatic heterocycles.